The van der Waals surface area contributed by atoms with Gasteiger partial charge in [-0.3, -0.25) is 14.4 Å². The zero-order chi connectivity index (χ0) is 33.0. The molecule has 5 rings (SSSR count). The van der Waals surface area contributed by atoms with Gasteiger partial charge in [0.2, 0.25) is 5.91 Å². The van der Waals surface area contributed by atoms with Crippen LogP contribution >= 0.6 is 11.8 Å². The fraction of sp³-hybridized carbons (Fsp3) is 0.0789. The van der Waals surface area contributed by atoms with Gasteiger partial charge >= 0.3 is 0 Å². The Bertz CT molecular complexity index is 1860. The maximum atomic E-state index is 13.5. The van der Waals surface area contributed by atoms with Crippen molar-refractivity contribution >= 4 is 46.9 Å². The summed E-state index contributed by atoms with van der Waals surface area (Å²) in [5.41, 5.74) is 3.06. The zero-order valence-electron chi connectivity index (χ0n) is 25.8. The van der Waals surface area contributed by atoms with Crippen molar-refractivity contribution in [2.24, 2.45) is 0 Å². The van der Waals surface area contributed by atoms with Gasteiger partial charge in [-0.1, -0.05) is 72.8 Å². The van der Waals surface area contributed by atoms with Crippen molar-refractivity contribution in [2.45, 2.75) is 10.1 Å². The quantitative estimate of drug-likeness (QED) is 0.0956. The van der Waals surface area contributed by atoms with Crippen molar-refractivity contribution in [3.63, 3.8) is 0 Å². The molecule has 3 amide bonds. The van der Waals surface area contributed by atoms with Gasteiger partial charge in [-0.05, 0) is 66.2 Å². The molecule has 0 spiro atoms. The maximum Gasteiger partial charge on any atom is 0.272 e. The molecule has 0 aliphatic rings. The van der Waals surface area contributed by atoms with Crippen LogP contribution in [0.15, 0.2) is 144 Å². The normalized spacial score (nSPS) is 11.6. The summed E-state index contributed by atoms with van der Waals surface area (Å²) in [5, 5.41) is 8.06. The molecule has 9 heteroatoms. The molecule has 5 aromatic rings. The third-order valence-electron chi connectivity index (χ3n) is 7.01. The van der Waals surface area contributed by atoms with Crippen LogP contribution in [0.4, 0.5) is 11.4 Å². The first-order valence-electron chi connectivity index (χ1n) is 14.7. The maximum absolute atomic E-state index is 13.5. The molecule has 0 fully saturated rings. The van der Waals surface area contributed by atoms with E-state index in [0.717, 1.165) is 10.5 Å². The van der Waals surface area contributed by atoms with Crippen LogP contribution in [0.25, 0.3) is 6.08 Å². The van der Waals surface area contributed by atoms with E-state index in [0.29, 0.717) is 34.0 Å². The number of carbonyl (C=O) groups is 3. The molecule has 0 radical (unpaired) electrons. The number of amides is 3. The Kier molecular flexibility index (Phi) is 11.1. The van der Waals surface area contributed by atoms with Crippen LogP contribution in [-0.2, 0) is 9.59 Å². The molecular formula is C38H33N3O5S. The largest absolute Gasteiger partial charge is 0.497 e. The molecule has 0 heterocycles. The first kappa shape index (κ1) is 32.6. The van der Waals surface area contributed by atoms with Gasteiger partial charge in [0.15, 0.2) is 0 Å². The summed E-state index contributed by atoms with van der Waals surface area (Å²) in [5.74, 6) is 0.0711. The first-order valence-corrected chi connectivity index (χ1v) is 15.6. The number of thioether (sulfide) groups is 1. The van der Waals surface area contributed by atoms with E-state index in [1.54, 1.807) is 74.9 Å². The predicted molar refractivity (Wildman–Crippen MR) is 187 cm³/mol. The Hall–Kier alpha value is -5.80. The van der Waals surface area contributed by atoms with Crippen LogP contribution < -0.4 is 25.4 Å². The lowest BCUT2D eigenvalue weighted by atomic mass is 10.1. The van der Waals surface area contributed by atoms with E-state index in [1.165, 1.54) is 11.8 Å². The number of hydrogen-bond acceptors (Lipinski definition) is 6. The molecule has 0 saturated carbocycles. The van der Waals surface area contributed by atoms with Gasteiger partial charge in [0.25, 0.3) is 11.8 Å². The highest BCUT2D eigenvalue weighted by molar-refractivity contribution is 8.00. The fourth-order valence-corrected chi connectivity index (χ4v) is 5.67. The van der Waals surface area contributed by atoms with Crippen LogP contribution in [-0.4, -0.2) is 31.9 Å². The van der Waals surface area contributed by atoms with E-state index >= 15 is 0 Å². The van der Waals surface area contributed by atoms with Crippen molar-refractivity contribution in [2.75, 3.05) is 24.9 Å². The molecule has 47 heavy (non-hydrogen) atoms. The predicted octanol–water partition coefficient (Wildman–Crippen LogP) is 7.59. The molecule has 0 aromatic heterocycles. The zero-order valence-corrected chi connectivity index (χ0v) is 26.6. The van der Waals surface area contributed by atoms with Gasteiger partial charge < -0.3 is 25.4 Å². The summed E-state index contributed by atoms with van der Waals surface area (Å²) in [4.78, 5) is 40.9. The molecule has 0 bridgehead atoms. The topological polar surface area (TPSA) is 106 Å². The SMILES string of the molecule is COc1cccc(NC(=O)C(Sc2ccc(NC(=O)/C(=C/c3ccccc3OC)NC(=O)c3ccccc3)cc2)c2ccccc2)c1. The molecule has 1 atom stereocenters. The minimum atomic E-state index is -0.550. The second-order valence-electron chi connectivity index (χ2n) is 10.2. The van der Waals surface area contributed by atoms with E-state index in [9.17, 15) is 14.4 Å². The summed E-state index contributed by atoms with van der Waals surface area (Å²) < 4.78 is 10.7. The van der Waals surface area contributed by atoms with Crippen LogP contribution in [0.5, 0.6) is 11.5 Å². The minimum absolute atomic E-state index is 0.0418. The van der Waals surface area contributed by atoms with E-state index < -0.39 is 17.1 Å². The van der Waals surface area contributed by atoms with Gasteiger partial charge in [0.05, 0.1) is 14.2 Å². The standard InChI is InChI=1S/C38H33N3O5S/c1-45-31-18-11-17-30(25-31)40-38(44)35(26-12-5-3-6-13-26)47-32-22-20-29(21-23-32)39-37(43)33(24-28-16-9-10-19-34(28)46-2)41-36(42)27-14-7-4-8-15-27/h3-25,35H,1-2H3,(H,39,43)(H,40,44)(H,41,42)/b33-24-. The van der Waals surface area contributed by atoms with E-state index in [-0.39, 0.29) is 11.6 Å². The number of benzene rings is 5. The second-order valence-corrected chi connectivity index (χ2v) is 11.4. The number of nitrogens with one attached hydrogen (secondary N) is 3. The fourth-order valence-electron chi connectivity index (χ4n) is 4.64. The van der Waals surface area contributed by atoms with Gasteiger partial charge in [0, 0.05) is 33.5 Å². The van der Waals surface area contributed by atoms with Crippen LogP contribution in [0.3, 0.4) is 0 Å². The average Bonchev–Trinajstić information content (AvgIpc) is 3.11. The van der Waals surface area contributed by atoms with E-state index in [2.05, 4.69) is 16.0 Å². The lowest BCUT2D eigenvalue weighted by Crippen LogP contribution is -2.30. The van der Waals surface area contributed by atoms with Gasteiger partial charge in [-0.2, -0.15) is 0 Å². The van der Waals surface area contributed by atoms with Crippen molar-refractivity contribution in [3.05, 3.63) is 156 Å². The number of hydrogen-bond donors (Lipinski definition) is 3. The molecule has 0 saturated heterocycles. The third-order valence-corrected chi connectivity index (χ3v) is 8.28. The van der Waals surface area contributed by atoms with Gasteiger partial charge in [-0.15, -0.1) is 11.8 Å². The smallest absolute Gasteiger partial charge is 0.272 e. The average molecular weight is 644 g/mol. The van der Waals surface area contributed by atoms with Crippen LogP contribution in [0.2, 0.25) is 0 Å². The molecule has 236 valence electrons. The molecule has 3 N–H and O–H groups in total. The van der Waals surface area contributed by atoms with Crippen molar-refractivity contribution in [3.8, 4) is 11.5 Å². The third kappa shape index (κ3) is 8.90. The molecule has 5 aromatic carbocycles. The number of rotatable bonds is 12. The summed E-state index contributed by atoms with van der Waals surface area (Å²) in [6.45, 7) is 0. The Balaban J connectivity index is 1.34. The number of methoxy groups -OCH3 is 2. The molecule has 8 nitrogen and oxygen atoms in total. The highest BCUT2D eigenvalue weighted by Crippen LogP contribution is 2.37. The molecule has 0 aliphatic heterocycles. The first-order chi connectivity index (χ1) is 22.9. The monoisotopic (exact) mass is 643 g/mol. The second kappa shape index (κ2) is 16.0. The number of ether oxygens (including phenoxy) is 2. The Morgan fingerprint density at radius 2 is 1.36 bits per heavy atom. The Morgan fingerprint density at radius 1 is 0.681 bits per heavy atom. The number of anilines is 2. The molecule has 0 aliphatic carbocycles. The Morgan fingerprint density at radius 3 is 2.06 bits per heavy atom. The Labute approximate surface area is 277 Å². The summed E-state index contributed by atoms with van der Waals surface area (Å²) in [6.07, 6.45) is 1.57. The van der Waals surface area contributed by atoms with Crippen LogP contribution in [0, 0.1) is 0 Å². The molecular weight excluding hydrogens is 611 g/mol. The van der Waals surface area contributed by atoms with Gasteiger partial charge in [-0.25, -0.2) is 0 Å². The summed E-state index contributed by atoms with van der Waals surface area (Å²) in [6, 6.07) is 39.8. The lowest BCUT2D eigenvalue weighted by molar-refractivity contribution is -0.116. The highest BCUT2D eigenvalue weighted by Gasteiger charge is 2.23. The van der Waals surface area contributed by atoms with E-state index in [4.69, 9.17) is 9.47 Å². The summed E-state index contributed by atoms with van der Waals surface area (Å²) >= 11 is 1.39. The molecule has 1 unspecified atom stereocenters. The number of para-hydroxylation sites is 1. The summed E-state index contributed by atoms with van der Waals surface area (Å²) in [7, 11) is 3.12. The highest BCUT2D eigenvalue weighted by atomic mass is 32.2. The lowest BCUT2D eigenvalue weighted by Gasteiger charge is -2.18. The van der Waals surface area contributed by atoms with Crippen molar-refractivity contribution in [1.29, 1.82) is 0 Å². The van der Waals surface area contributed by atoms with E-state index in [1.807, 2.05) is 78.9 Å². The van der Waals surface area contributed by atoms with Crippen LogP contribution in [0.1, 0.15) is 26.7 Å². The van der Waals surface area contributed by atoms with Gasteiger partial charge in [0.1, 0.15) is 22.4 Å². The number of carbonyl (C=O) groups excluding carboxylic acids is 3. The van der Waals surface area contributed by atoms with Crippen molar-refractivity contribution in [1.82, 2.24) is 5.32 Å². The van der Waals surface area contributed by atoms with Crippen molar-refractivity contribution < 1.29 is 23.9 Å². The minimum Gasteiger partial charge on any atom is -0.497 e.